The molecule has 0 fully saturated rings. The Labute approximate surface area is 125 Å². The van der Waals surface area contributed by atoms with Crippen molar-refractivity contribution in [1.82, 2.24) is 10.3 Å². The molecule has 1 aromatic heterocycles. The van der Waals surface area contributed by atoms with Crippen LogP contribution in [0.3, 0.4) is 0 Å². The van der Waals surface area contributed by atoms with E-state index in [0.717, 1.165) is 23.4 Å². The van der Waals surface area contributed by atoms with Crippen molar-refractivity contribution in [1.29, 1.82) is 5.26 Å². The molecule has 0 aliphatic heterocycles. The minimum absolute atomic E-state index is 0.637. The molecule has 0 atom stereocenters. The van der Waals surface area contributed by atoms with Crippen LogP contribution in [0.1, 0.15) is 29.3 Å². The fourth-order valence-electron chi connectivity index (χ4n) is 2.25. The number of pyridine rings is 1. The lowest BCUT2D eigenvalue weighted by atomic mass is 10.1. The first kappa shape index (κ1) is 15.0. The van der Waals surface area contributed by atoms with Crippen molar-refractivity contribution in [3.05, 3.63) is 58.9 Å². The Balaban J connectivity index is 2.05. The molecule has 4 nitrogen and oxygen atoms in total. The highest BCUT2D eigenvalue weighted by atomic mass is 16.5. The molecular formula is C17H19N3O. The topological polar surface area (TPSA) is 57.9 Å². The number of benzene rings is 1. The number of aromatic nitrogens is 1. The SMILES string of the molecule is CCc1cccnc1CNCc1cc(C#N)ccc1OC. The van der Waals surface area contributed by atoms with Crippen molar-refractivity contribution in [2.45, 2.75) is 26.4 Å². The van der Waals surface area contributed by atoms with E-state index in [-0.39, 0.29) is 0 Å². The molecule has 0 aliphatic rings. The highest BCUT2D eigenvalue weighted by molar-refractivity contribution is 5.42. The third kappa shape index (κ3) is 3.80. The van der Waals surface area contributed by atoms with Gasteiger partial charge in [-0.25, -0.2) is 0 Å². The molecule has 2 rings (SSSR count). The summed E-state index contributed by atoms with van der Waals surface area (Å²) in [5.41, 5.74) is 3.93. The number of aryl methyl sites for hydroxylation is 1. The van der Waals surface area contributed by atoms with Crippen LogP contribution in [-0.2, 0) is 19.5 Å². The van der Waals surface area contributed by atoms with Crippen molar-refractivity contribution in [2.24, 2.45) is 0 Å². The van der Waals surface area contributed by atoms with Gasteiger partial charge >= 0.3 is 0 Å². The minimum Gasteiger partial charge on any atom is -0.496 e. The first-order valence-electron chi connectivity index (χ1n) is 6.99. The van der Waals surface area contributed by atoms with Gasteiger partial charge in [0.15, 0.2) is 0 Å². The zero-order valence-electron chi connectivity index (χ0n) is 12.4. The van der Waals surface area contributed by atoms with Crippen molar-refractivity contribution < 1.29 is 4.74 Å². The van der Waals surface area contributed by atoms with E-state index in [9.17, 15) is 0 Å². The molecule has 108 valence electrons. The lowest BCUT2D eigenvalue weighted by molar-refractivity contribution is 0.407. The van der Waals surface area contributed by atoms with E-state index in [1.54, 1.807) is 13.2 Å². The van der Waals surface area contributed by atoms with Crippen LogP contribution in [-0.4, -0.2) is 12.1 Å². The zero-order chi connectivity index (χ0) is 15.1. The monoisotopic (exact) mass is 281 g/mol. The molecule has 4 heteroatoms. The summed E-state index contributed by atoms with van der Waals surface area (Å²) in [5, 5.41) is 12.3. The van der Waals surface area contributed by atoms with Gasteiger partial charge in [0.2, 0.25) is 0 Å². The highest BCUT2D eigenvalue weighted by Gasteiger charge is 2.06. The average molecular weight is 281 g/mol. The lowest BCUT2D eigenvalue weighted by Crippen LogP contribution is -2.15. The number of nitrogens with one attached hydrogen (secondary N) is 1. The smallest absolute Gasteiger partial charge is 0.123 e. The van der Waals surface area contributed by atoms with E-state index in [0.29, 0.717) is 18.7 Å². The number of hydrogen-bond acceptors (Lipinski definition) is 4. The molecule has 0 unspecified atom stereocenters. The van der Waals surface area contributed by atoms with Gasteiger partial charge < -0.3 is 10.1 Å². The predicted molar refractivity (Wildman–Crippen MR) is 81.9 cm³/mol. The molecule has 0 aliphatic carbocycles. The molecular weight excluding hydrogens is 262 g/mol. The molecule has 1 heterocycles. The summed E-state index contributed by atoms with van der Waals surface area (Å²) in [4.78, 5) is 4.41. The van der Waals surface area contributed by atoms with E-state index < -0.39 is 0 Å². The number of nitriles is 1. The molecule has 1 aromatic carbocycles. The van der Waals surface area contributed by atoms with Crippen LogP contribution in [0.4, 0.5) is 0 Å². The maximum absolute atomic E-state index is 8.98. The molecule has 0 saturated heterocycles. The summed E-state index contributed by atoms with van der Waals surface area (Å²) in [6.07, 6.45) is 2.78. The van der Waals surface area contributed by atoms with E-state index in [4.69, 9.17) is 10.00 Å². The van der Waals surface area contributed by atoms with Crippen molar-refractivity contribution >= 4 is 0 Å². The molecule has 1 N–H and O–H groups in total. The summed E-state index contributed by atoms with van der Waals surface area (Å²) in [7, 11) is 1.64. The fraction of sp³-hybridized carbons (Fsp3) is 0.294. The van der Waals surface area contributed by atoms with Gasteiger partial charge in [0.05, 0.1) is 24.4 Å². The zero-order valence-corrected chi connectivity index (χ0v) is 12.4. The highest BCUT2D eigenvalue weighted by Crippen LogP contribution is 2.19. The van der Waals surface area contributed by atoms with Crippen molar-refractivity contribution in [3.8, 4) is 11.8 Å². The normalized spacial score (nSPS) is 10.1. The first-order chi connectivity index (χ1) is 10.3. The summed E-state index contributed by atoms with van der Waals surface area (Å²) in [6.45, 7) is 3.46. The minimum atomic E-state index is 0.637. The Morgan fingerprint density at radius 3 is 2.81 bits per heavy atom. The first-order valence-corrected chi connectivity index (χ1v) is 6.99. The maximum Gasteiger partial charge on any atom is 0.123 e. The molecule has 0 bridgehead atoms. The van der Waals surface area contributed by atoms with Gasteiger partial charge in [-0.3, -0.25) is 4.98 Å². The standard InChI is InChI=1S/C17H19N3O/c1-3-14-5-4-8-20-16(14)12-19-11-15-9-13(10-18)6-7-17(15)21-2/h4-9,19H,3,11-12H2,1-2H3. The van der Waals surface area contributed by atoms with E-state index in [1.807, 2.05) is 24.4 Å². The van der Waals surface area contributed by atoms with Gasteiger partial charge in [0.25, 0.3) is 0 Å². The maximum atomic E-state index is 8.98. The molecule has 21 heavy (non-hydrogen) atoms. The van der Waals surface area contributed by atoms with Gasteiger partial charge in [-0.15, -0.1) is 0 Å². The second-order valence-corrected chi connectivity index (χ2v) is 4.70. The van der Waals surface area contributed by atoms with Gasteiger partial charge in [0, 0.05) is 24.8 Å². The van der Waals surface area contributed by atoms with Crippen LogP contribution < -0.4 is 10.1 Å². The fourth-order valence-corrected chi connectivity index (χ4v) is 2.25. The second kappa shape index (κ2) is 7.41. The third-order valence-electron chi connectivity index (χ3n) is 3.38. The number of methoxy groups -OCH3 is 1. The molecule has 0 spiro atoms. The number of rotatable bonds is 6. The van der Waals surface area contributed by atoms with Gasteiger partial charge in [-0.05, 0) is 36.2 Å². The van der Waals surface area contributed by atoms with Gasteiger partial charge in [-0.1, -0.05) is 13.0 Å². The number of ether oxygens (including phenoxy) is 1. The van der Waals surface area contributed by atoms with Crippen LogP contribution in [0.25, 0.3) is 0 Å². The van der Waals surface area contributed by atoms with Gasteiger partial charge in [0.1, 0.15) is 5.75 Å². The van der Waals surface area contributed by atoms with E-state index in [1.165, 1.54) is 5.56 Å². The second-order valence-electron chi connectivity index (χ2n) is 4.70. The summed E-state index contributed by atoms with van der Waals surface area (Å²) in [5.74, 6) is 0.790. The summed E-state index contributed by atoms with van der Waals surface area (Å²) < 4.78 is 5.33. The molecule has 0 amide bonds. The van der Waals surface area contributed by atoms with Crippen LogP contribution in [0.15, 0.2) is 36.5 Å². The number of nitrogens with zero attached hydrogens (tertiary/aromatic N) is 2. The molecule has 0 saturated carbocycles. The predicted octanol–water partition coefficient (Wildman–Crippen LogP) is 2.81. The Kier molecular flexibility index (Phi) is 5.30. The third-order valence-corrected chi connectivity index (χ3v) is 3.38. The van der Waals surface area contributed by atoms with Crippen LogP contribution in [0.5, 0.6) is 5.75 Å². The molecule has 2 aromatic rings. The van der Waals surface area contributed by atoms with E-state index >= 15 is 0 Å². The van der Waals surface area contributed by atoms with Crippen LogP contribution >= 0.6 is 0 Å². The van der Waals surface area contributed by atoms with Gasteiger partial charge in [-0.2, -0.15) is 5.26 Å². The Morgan fingerprint density at radius 1 is 1.24 bits per heavy atom. The molecule has 0 radical (unpaired) electrons. The number of hydrogen-bond donors (Lipinski definition) is 1. The van der Waals surface area contributed by atoms with Crippen LogP contribution in [0, 0.1) is 11.3 Å². The Bertz CT molecular complexity index is 647. The average Bonchev–Trinajstić information content (AvgIpc) is 2.55. The summed E-state index contributed by atoms with van der Waals surface area (Å²) >= 11 is 0. The quantitative estimate of drug-likeness (QED) is 0.884. The Morgan fingerprint density at radius 2 is 2.10 bits per heavy atom. The van der Waals surface area contributed by atoms with Crippen molar-refractivity contribution in [2.75, 3.05) is 7.11 Å². The largest absolute Gasteiger partial charge is 0.496 e. The van der Waals surface area contributed by atoms with Crippen molar-refractivity contribution in [3.63, 3.8) is 0 Å². The van der Waals surface area contributed by atoms with Crippen LogP contribution in [0.2, 0.25) is 0 Å². The lowest BCUT2D eigenvalue weighted by Gasteiger charge is -2.11. The van der Waals surface area contributed by atoms with E-state index in [2.05, 4.69) is 29.4 Å². The Hall–Kier alpha value is -2.38. The summed E-state index contributed by atoms with van der Waals surface area (Å²) in [6, 6.07) is 11.6.